The van der Waals surface area contributed by atoms with Gasteiger partial charge in [-0.1, -0.05) is 54.4 Å². The minimum atomic E-state index is 0.266. The molecule has 2 aromatic carbocycles. The maximum absolute atomic E-state index is 3.63. The Balaban J connectivity index is 2.50. The van der Waals surface area contributed by atoms with Crippen LogP contribution in [0.1, 0.15) is 35.2 Å². The highest BCUT2D eigenvalue weighted by Gasteiger charge is 2.16. The standard InChI is InChI=1S/C18H23NS/c1-5-19-18(15-11-13(2)10-14(3)12-15)16-8-6-7-9-17(16)20-4/h6-12,18-19H,5H2,1-4H3. The summed E-state index contributed by atoms with van der Waals surface area (Å²) in [5, 5.41) is 3.63. The van der Waals surface area contributed by atoms with Gasteiger partial charge in [0.25, 0.3) is 0 Å². The van der Waals surface area contributed by atoms with Gasteiger partial charge < -0.3 is 5.32 Å². The lowest BCUT2D eigenvalue weighted by Gasteiger charge is -2.22. The SMILES string of the molecule is CCNC(c1cc(C)cc(C)c1)c1ccccc1SC. The fourth-order valence-corrected chi connectivity index (χ4v) is 3.33. The first-order valence-corrected chi connectivity index (χ1v) is 8.32. The molecule has 0 radical (unpaired) electrons. The van der Waals surface area contributed by atoms with Gasteiger partial charge in [-0.3, -0.25) is 0 Å². The smallest absolute Gasteiger partial charge is 0.0587 e. The van der Waals surface area contributed by atoms with Gasteiger partial charge in [0.05, 0.1) is 6.04 Å². The van der Waals surface area contributed by atoms with E-state index < -0.39 is 0 Å². The van der Waals surface area contributed by atoms with Gasteiger partial charge in [0, 0.05) is 4.90 Å². The summed E-state index contributed by atoms with van der Waals surface area (Å²) >= 11 is 1.81. The van der Waals surface area contributed by atoms with Gasteiger partial charge in [0.2, 0.25) is 0 Å². The van der Waals surface area contributed by atoms with Crippen molar-refractivity contribution in [1.29, 1.82) is 0 Å². The summed E-state index contributed by atoms with van der Waals surface area (Å²) < 4.78 is 0. The molecule has 2 aromatic rings. The molecular weight excluding hydrogens is 262 g/mol. The van der Waals surface area contributed by atoms with E-state index in [0.717, 1.165) is 6.54 Å². The molecule has 0 saturated heterocycles. The number of rotatable bonds is 5. The average Bonchev–Trinajstić information content (AvgIpc) is 2.43. The maximum Gasteiger partial charge on any atom is 0.0587 e. The van der Waals surface area contributed by atoms with Crippen LogP contribution in [0, 0.1) is 13.8 Å². The Morgan fingerprint density at radius 2 is 1.70 bits per heavy atom. The molecule has 0 aliphatic heterocycles. The van der Waals surface area contributed by atoms with Crippen LogP contribution in [0.2, 0.25) is 0 Å². The second kappa shape index (κ2) is 6.96. The van der Waals surface area contributed by atoms with E-state index >= 15 is 0 Å². The third-order valence-electron chi connectivity index (χ3n) is 3.44. The van der Waals surface area contributed by atoms with Crippen molar-refractivity contribution in [2.45, 2.75) is 31.7 Å². The minimum Gasteiger partial charge on any atom is -0.306 e. The lowest BCUT2D eigenvalue weighted by Crippen LogP contribution is -2.22. The number of benzene rings is 2. The predicted octanol–water partition coefficient (Wildman–Crippen LogP) is 4.72. The summed E-state index contributed by atoms with van der Waals surface area (Å²) in [4.78, 5) is 1.35. The highest BCUT2D eigenvalue weighted by atomic mass is 32.2. The van der Waals surface area contributed by atoms with Crippen molar-refractivity contribution in [3.05, 3.63) is 64.7 Å². The Labute approximate surface area is 126 Å². The van der Waals surface area contributed by atoms with Crippen molar-refractivity contribution in [2.75, 3.05) is 12.8 Å². The Hall–Kier alpha value is -1.25. The molecule has 0 heterocycles. The third-order valence-corrected chi connectivity index (χ3v) is 4.25. The van der Waals surface area contributed by atoms with E-state index in [4.69, 9.17) is 0 Å². The van der Waals surface area contributed by atoms with Crippen LogP contribution < -0.4 is 5.32 Å². The van der Waals surface area contributed by atoms with Crippen molar-refractivity contribution in [3.8, 4) is 0 Å². The summed E-state index contributed by atoms with van der Waals surface area (Å²) in [7, 11) is 0. The normalized spacial score (nSPS) is 12.4. The zero-order chi connectivity index (χ0) is 14.5. The number of thioether (sulfide) groups is 1. The number of nitrogens with one attached hydrogen (secondary N) is 1. The van der Waals surface area contributed by atoms with E-state index in [1.807, 2.05) is 11.8 Å². The lowest BCUT2D eigenvalue weighted by atomic mass is 9.95. The van der Waals surface area contributed by atoms with E-state index in [0.29, 0.717) is 0 Å². The number of aryl methyl sites for hydroxylation is 2. The molecule has 20 heavy (non-hydrogen) atoms. The molecule has 0 aliphatic carbocycles. The molecule has 1 atom stereocenters. The molecule has 0 saturated carbocycles. The molecule has 0 amide bonds. The van der Waals surface area contributed by atoms with E-state index in [9.17, 15) is 0 Å². The van der Waals surface area contributed by atoms with Crippen LogP contribution in [0.15, 0.2) is 47.4 Å². The fourth-order valence-electron chi connectivity index (χ4n) is 2.69. The maximum atomic E-state index is 3.63. The van der Waals surface area contributed by atoms with Gasteiger partial charge in [0.1, 0.15) is 0 Å². The largest absolute Gasteiger partial charge is 0.306 e. The Kier molecular flexibility index (Phi) is 5.27. The molecule has 1 unspecified atom stereocenters. The minimum absolute atomic E-state index is 0.266. The summed E-state index contributed by atoms with van der Waals surface area (Å²) in [6.07, 6.45) is 2.14. The van der Waals surface area contributed by atoms with Gasteiger partial charge >= 0.3 is 0 Å². The molecule has 0 bridgehead atoms. The first kappa shape index (κ1) is 15.1. The van der Waals surface area contributed by atoms with Crippen LogP contribution in [-0.2, 0) is 0 Å². The van der Waals surface area contributed by atoms with Gasteiger partial charge in [-0.2, -0.15) is 0 Å². The second-order valence-electron chi connectivity index (χ2n) is 5.15. The van der Waals surface area contributed by atoms with Crippen molar-refractivity contribution in [1.82, 2.24) is 5.32 Å². The molecule has 2 rings (SSSR count). The van der Waals surface area contributed by atoms with Crippen LogP contribution in [0.25, 0.3) is 0 Å². The van der Waals surface area contributed by atoms with Gasteiger partial charge in [-0.25, -0.2) is 0 Å². The predicted molar refractivity (Wildman–Crippen MR) is 89.7 cm³/mol. The van der Waals surface area contributed by atoms with Gasteiger partial charge in [-0.15, -0.1) is 11.8 Å². The Morgan fingerprint density at radius 1 is 1.05 bits per heavy atom. The molecule has 0 aromatic heterocycles. The van der Waals surface area contributed by atoms with Gasteiger partial charge in [0.15, 0.2) is 0 Å². The first-order chi connectivity index (χ1) is 9.65. The molecule has 0 aliphatic rings. The van der Waals surface area contributed by atoms with Crippen molar-refractivity contribution in [2.24, 2.45) is 0 Å². The quantitative estimate of drug-likeness (QED) is 0.797. The Morgan fingerprint density at radius 3 is 2.30 bits per heavy atom. The van der Waals surface area contributed by atoms with Crippen LogP contribution >= 0.6 is 11.8 Å². The van der Waals surface area contributed by atoms with Crippen molar-refractivity contribution in [3.63, 3.8) is 0 Å². The average molecular weight is 285 g/mol. The van der Waals surface area contributed by atoms with Crippen molar-refractivity contribution >= 4 is 11.8 Å². The first-order valence-electron chi connectivity index (χ1n) is 7.10. The van der Waals surface area contributed by atoms with Crippen LogP contribution in [0.5, 0.6) is 0 Å². The highest BCUT2D eigenvalue weighted by Crippen LogP contribution is 2.31. The van der Waals surface area contributed by atoms with Crippen LogP contribution in [-0.4, -0.2) is 12.8 Å². The van der Waals surface area contributed by atoms with E-state index in [1.165, 1.54) is 27.1 Å². The van der Waals surface area contributed by atoms with E-state index in [1.54, 1.807) is 0 Å². The third kappa shape index (κ3) is 3.44. The number of hydrogen-bond acceptors (Lipinski definition) is 2. The van der Waals surface area contributed by atoms with E-state index in [-0.39, 0.29) is 6.04 Å². The van der Waals surface area contributed by atoms with E-state index in [2.05, 4.69) is 74.8 Å². The molecule has 0 spiro atoms. The molecular formula is C18H23NS. The zero-order valence-electron chi connectivity index (χ0n) is 12.7. The topological polar surface area (TPSA) is 12.0 Å². The fraction of sp³-hybridized carbons (Fsp3) is 0.333. The molecule has 2 heteroatoms. The summed E-state index contributed by atoms with van der Waals surface area (Å²) in [6, 6.07) is 15.7. The zero-order valence-corrected chi connectivity index (χ0v) is 13.6. The van der Waals surface area contributed by atoms with Crippen LogP contribution in [0.3, 0.4) is 0 Å². The summed E-state index contributed by atoms with van der Waals surface area (Å²) in [5.74, 6) is 0. The molecule has 1 N–H and O–H groups in total. The lowest BCUT2D eigenvalue weighted by molar-refractivity contribution is 0.621. The van der Waals surface area contributed by atoms with Crippen LogP contribution in [0.4, 0.5) is 0 Å². The van der Waals surface area contributed by atoms with Crippen molar-refractivity contribution < 1.29 is 0 Å². The second-order valence-corrected chi connectivity index (χ2v) is 6.00. The molecule has 1 nitrogen and oxygen atoms in total. The van der Waals surface area contributed by atoms with Gasteiger partial charge in [-0.05, 0) is 43.8 Å². The molecule has 106 valence electrons. The Bertz CT molecular complexity index is 557. The highest BCUT2D eigenvalue weighted by molar-refractivity contribution is 7.98. The molecule has 0 fully saturated rings. The number of hydrogen-bond donors (Lipinski definition) is 1. The monoisotopic (exact) mass is 285 g/mol. The summed E-state index contributed by atoms with van der Waals surface area (Å²) in [6.45, 7) is 7.46. The summed E-state index contributed by atoms with van der Waals surface area (Å²) in [5.41, 5.74) is 5.37.